The van der Waals surface area contributed by atoms with Gasteiger partial charge in [-0.25, -0.2) is 4.39 Å². The molecule has 0 saturated heterocycles. The fourth-order valence-electron chi connectivity index (χ4n) is 1.50. The summed E-state index contributed by atoms with van der Waals surface area (Å²) in [7, 11) is 0. The Bertz CT molecular complexity index is 584. The fraction of sp³-hybridized carbons (Fsp3) is 0.0714. The SMILES string of the molecule is Oc1ccc(Br)cc1C=NCc1ccccc1F. The lowest BCUT2D eigenvalue weighted by Crippen LogP contribution is -1.89. The van der Waals surface area contributed by atoms with E-state index in [-0.39, 0.29) is 18.1 Å². The van der Waals surface area contributed by atoms with Gasteiger partial charge in [-0.05, 0) is 24.3 Å². The molecule has 0 spiro atoms. The van der Waals surface area contributed by atoms with Crippen LogP contribution in [-0.4, -0.2) is 11.3 Å². The molecule has 0 heterocycles. The second kappa shape index (κ2) is 5.78. The van der Waals surface area contributed by atoms with Gasteiger partial charge in [0.1, 0.15) is 11.6 Å². The van der Waals surface area contributed by atoms with Crippen LogP contribution in [0.2, 0.25) is 0 Å². The molecule has 2 aromatic rings. The van der Waals surface area contributed by atoms with E-state index in [1.165, 1.54) is 12.3 Å². The molecule has 0 unspecified atom stereocenters. The van der Waals surface area contributed by atoms with Crippen molar-refractivity contribution < 1.29 is 9.50 Å². The number of phenols is 1. The van der Waals surface area contributed by atoms with E-state index < -0.39 is 0 Å². The smallest absolute Gasteiger partial charge is 0.128 e. The second-order valence-electron chi connectivity index (χ2n) is 3.76. The number of aliphatic imine (C=N–C) groups is 1. The molecule has 0 fully saturated rings. The van der Waals surface area contributed by atoms with Gasteiger partial charge in [-0.15, -0.1) is 0 Å². The van der Waals surface area contributed by atoms with E-state index in [1.807, 2.05) is 0 Å². The summed E-state index contributed by atoms with van der Waals surface area (Å²) >= 11 is 3.31. The Hall–Kier alpha value is -1.68. The summed E-state index contributed by atoms with van der Waals surface area (Å²) in [6.07, 6.45) is 1.53. The van der Waals surface area contributed by atoms with Crippen molar-refractivity contribution in [3.8, 4) is 5.75 Å². The highest BCUT2D eigenvalue weighted by Crippen LogP contribution is 2.20. The first-order chi connectivity index (χ1) is 8.66. The van der Waals surface area contributed by atoms with E-state index in [9.17, 15) is 9.50 Å². The standard InChI is InChI=1S/C14H11BrFNO/c15-12-5-6-14(18)11(7-12)9-17-8-10-3-1-2-4-13(10)16/h1-7,9,18H,8H2. The van der Waals surface area contributed by atoms with Gasteiger partial charge in [-0.3, -0.25) is 4.99 Å². The molecule has 2 aromatic carbocycles. The molecule has 1 N–H and O–H groups in total. The molecule has 0 radical (unpaired) electrons. The first-order valence-electron chi connectivity index (χ1n) is 5.38. The number of hydrogen-bond donors (Lipinski definition) is 1. The van der Waals surface area contributed by atoms with Gasteiger partial charge in [0.05, 0.1) is 6.54 Å². The maximum atomic E-state index is 13.3. The largest absolute Gasteiger partial charge is 0.507 e. The van der Waals surface area contributed by atoms with Crippen LogP contribution in [0.15, 0.2) is 51.9 Å². The molecule has 0 atom stereocenters. The third-order valence-electron chi connectivity index (χ3n) is 2.44. The number of phenolic OH excluding ortho intramolecular Hbond substituents is 1. The van der Waals surface area contributed by atoms with Crippen molar-refractivity contribution in [2.45, 2.75) is 6.54 Å². The highest BCUT2D eigenvalue weighted by Gasteiger charge is 2.00. The van der Waals surface area contributed by atoms with Crippen molar-refractivity contribution in [1.82, 2.24) is 0 Å². The minimum Gasteiger partial charge on any atom is -0.507 e. The zero-order valence-electron chi connectivity index (χ0n) is 9.48. The summed E-state index contributed by atoms with van der Waals surface area (Å²) in [5.74, 6) is -0.122. The summed E-state index contributed by atoms with van der Waals surface area (Å²) in [6, 6.07) is 11.6. The van der Waals surface area contributed by atoms with E-state index >= 15 is 0 Å². The van der Waals surface area contributed by atoms with Crippen molar-refractivity contribution in [3.63, 3.8) is 0 Å². The van der Waals surface area contributed by atoms with Crippen LogP contribution in [0.5, 0.6) is 5.75 Å². The topological polar surface area (TPSA) is 32.6 Å². The number of halogens is 2. The Morgan fingerprint density at radius 2 is 2.00 bits per heavy atom. The summed E-state index contributed by atoms with van der Waals surface area (Å²) in [5, 5.41) is 9.60. The molecule has 0 aliphatic heterocycles. The van der Waals surface area contributed by atoms with Crippen LogP contribution in [0.1, 0.15) is 11.1 Å². The Kier molecular flexibility index (Phi) is 4.10. The predicted octanol–water partition coefficient (Wildman–Crippen LogP) is 3.91. The highest BCUT2D eigenvalue weighted by atomic mass is 79.9. The van der Waals surface area contributed by atoms with Crippen LogP contribution < -0.4 is 0 Å². The van der Waals surface area contributed by atoms with Gasteiger partial charge in [0.15, 0.2) is 0 Å². The molecule has 0 aliphatic rings. The number of aromatic hydroxyl groups is 1. The van der Waals surface area contributed by atoms with Gasteiger partial charge in [0.2, 0.25) is 0 Å². The minimum absolute atomic E-state index is 0.149. The average Bonchev–Trinajstić information content (AvgIpc) is 2.36. The summed E-state index contributed by atoms with van der Waals surface area (Å²) in [5.41, 5.74) is 1.13. The van der Waals surface area contributed by atoms with Crippen molar-refractivity contribution in [2.24, 2.45) is 4.99 Å². The van der Waals surface area contributed by atoms with Crippen LogP contribution in [0.25, 0.3) is 0 Å². The molecule has 0 aliphatic carbocycles. The molecule has 92 valence electrons. The lowest BCUT2D eigenvalue weighted by atomic mass is 10.2. The molecule has 0 saturated carbocycles. The number of rotatable bonds is 3. The van der Waals surface area contributed by atoms with Crippen molar-refractivity contribution in [2.75, 3.05) is 0 Å². The van der Waals surface area contributed by atoms with Gasteiger partial charge < -0.3 is 5.11 Å². The third kappa shape index (κ3) is 3.17. The van der Waals surface area contributed by atoms with E-state index in [0.29, 0.717) is 11.1 Å². The van der Waals surface area contributed by atoms with E-state index in [0.717, 1.165) is 4.47 Å². The van der Waals surface area contributed by atoms with Crippen molar-refractivity contribution in [3.05, 3.63) is 63.9 Å². The molecule has 2 rings (SSSR count). The molecular weight excluding hydrogens is 297 g/mol. The van der Waals surface area contributed by atoms with Gasteiger partial charge in [0, 0.05) is 21.8 Å². The zero-order chi connectivity index (χ0) is 13.0. The van der Waals surface area contributed by atoms with Gasteiger partial charge in [-0.1, -0.05) is 34.1 Å². The normalized spacial score (nSPS) is 11.0. The molecule has 18 heavy (non-hydrogen) atoms. The maximum absolute atomic E-state index is 13.3. The molecule has 2 nitrogen and oxygen atoms in total. The lowest BCUT2D eigenvalue weighted by Gasteiger charge is -2.00. The molecule has 4 heteroatoms. The Morgan fingerprint density at radius 3 is 2.78 bits per heavy atom. The van der Waals surface area contributed by atoms with E-state index in [4.69, 9.17) is 0 Å². The molecule has 0 bridgehead atoms. The Morgan fingerprint density at radius 1 is 1.22 bits per heavy atom. The maximum Gasteiger partial charge on any atom is 0.128 e. The van der Waals surface area contributed by atoms with Crippen LogP contribution in [0.3, 0.4) is 0 Å². The number of benzene rings is 2. The first kappa shape index (κ1) is 12.8. The fourth-order valence-corrected chi connectivity index (χ4v) is 1.88. The van der Waals surface area contributed by atoms with Crippen LogP contribution in [-0.2, 0) is 6.54 Å². The van der Waals surface area contributed by atoms with Gasteiger partial charge >= 0.3 is 0 Å². The second-order valence-corrected chi connectivity index (χ2v) is 4.68. The summed E-state index contributed by atoms with van der Waals surface area (Å²) in [6.45, 7) is 0.249. The first-order valence-corrected chi connectivity index (χ1v) is 6.18. The van der Waals surface area contributed by atoms with Crippen molar-refractivity contribution in [1.29, 1.82) is 0 Å². The highest BCUT2D eigenvalue weighted by molar-refractivity contribution is 9.10. The van der Waals surface area contributed by atoms with E-state index in [2.05, 4.69) is 20.9 Å². The monoisotopic (exact) mass is 307 g/mol. The zero-order valence-corrected chi connectivity index (χ0v) is 11.1. The van der Waals surface area contributed by atoms with Crippen LogP contribution in [0.4, 0.5) is 4.39 Å². The summed E-state index contributed by atoms with van der Waals surface area (Å²) < 4.78 is 14.2. The van der Waals surface area contributed by atoms with Gasteiger partial charge in [0.25, 0.3) is 0 Å². The molecule has 0 aromatic heterocycles. The lowest BCUT2D eigenvalue weighted by molar-refractivity contribution is 0.474. The van der Waals surface area contributed by atoms with E-state index in [1.54, 1.807) is 36.4 Å². The molecular formula is C14H11BrFNO. The predicted molar refractivity (Wildman–Crippen MR) is 73.5 cm³/mol. The number of hydrogen-bond acceptors (Lipinski definition) is 2. The number of nitrogens with zero attached hydrogens (tertiary/aromatic N) is 1. The van der Waals surface area contributed by atoms with Crippen molar-refractivity contribution >= 4 is 22.1 Å². The Balaban J connectivity index is 2.12. The minimum atomic E-state index is -0.270. The average molecular weight is 308 g/mol. The Labute approximate surface area is 113 Å². The van der Waals surface area contributed by atoms with Crippen LogP contribution >= 0.6 is 15.9 Å². The van der Waals surface area contributed by atoms with Gasteiger partial charge in [-0.2, -0.15) is 0 Å². The quantitative estimate of drug-likeness (QED) is 0.857. The summed E-state index contributed by atoms with van der Waals surface area (Å²) in [4.78, 5) is 4.13. The molecule has 0 amide bonds. The third-order valence-corrected chi connectivity index (χ3v) is 2.93. The van der Waals surface area contributed by atoms with Crippen LogP contribution in [0, 0.1) is 5.82 Å².